The van der Waals surface area contributed by atoms with Crippen LogP contribution in [0, 0.1) is 17.8 Å². The Labute approximate surface area is 95.9 Å². The van der Waals surface area contributed by atoms with E-state index in [1.807, 2.05) is 13.0 Å². The normalized spacial score (nSPS) is 46.9. The fourth-order valence-electron chi connectivity index (χ4n) is 2.99. The molecule has 0 aromatic rings. The molecule has 1 saturated carbocycles. The molecule has 0 spiro atoms. The minimum Gasteiger partial charge on any atom is -0.396 e. The Balaban J connectivity index is 2.20. The van der Waals surface area contributed by atoms with Crippen LogP contribution in [0.4, 0.5) is 0 Å². The van der Waals surface area contributed by atoms with E-state index < -0.39 is 6.10 Å². The van der Waals surface area contributed by atoms with Crippen LogP contribution in [0.1, 0.15) is 13.3 Å². The van der Waals surface area contributed by atoms with Gasteiger partial charge in [0, 0.05) is 25.0 Å². The minimum atomic E-state index is -0.581. The van der Waals surface area contributed by atoms with Crippen LogP contribution in [-0.4, -0.2) is 41.9 Å². The minimum absolute atomic E-state index is 0.0162. The number of rotatable bonds is 4. The molecular weight excluding hydrogens is 208 g/mol. The average Bonchev–Trinajstić information content (AvgIpc) is 2.30. The summed E-state index contributed by atoms with van der Waals surface area (Å²) in [7, 11) is 0. The van der Waals surface area contributed by atoms with Crippen molar-refractivity contribution in [2.75, 3.05) is 13.2 Å². The molecule has 16 heavy (non-hydrogen) atoms. The summed E-state index contributed by atoms with van der Waals surface area (Å²) in [5, 5.41) is 19.4. The molecule has 0 aromatic carbocycles. The van der Waals surface area contributed by atoms with Gasteiger partial charge in [0.05, 0.1) is 12.2 Å². The second kappa shape index (κ2) is 4.84. The van der Waals surface area contributed by atoms with E-state index >= 15 is 0 Å². The van der Waals surface area contributed by atoms with Crippen molar-refractivity contribution >= 4 is 0 Å². The van der Waals surface area contributed by atoms with E-state index in [1.54, 1.807) is 0 Å². The van der Waals surface area contributed by atoms with Crippen LogP contribution in [0.25, 0.3) is 0 Å². The molecule has 0 unspecified atom stereocenters. The smallest absolute Gasteiger partial charge is 0.161 e. The van der Waals surface area contributed by atoms with Gasteiger partial charge in [-0.3, -0.25) is 0 Å². The summed E-state index contributed by atoms with van der Waals surface area (Å²) in [5.41, 5.74) is 0. The first-order valence-electron chi connectivity index (χ1n) is 5.91. The van der Waals surface area contributed by atoms with Crippen LogP contribution in [0.2, 0.25) is 0 Å². The van der Waals surface area contributed by atoms with Crippen molar-refractivity contribution in [3.8, 4) is 0 Å². The maximum atomic E-state index is 9.98. The molecule has 1 aliphatic carbocycles. The van der Waals surface area contributed by atoms with Crippen LogP contribution in [0.3, 0.4) is 0 Å². The predicted octanol–water partition coefficient (Wildman–Crippen LogP) is 0.539. The van der Waals surface area contributed by atoms with Gasteiger partial charge < -0.3 is 19.7 Å². The lowest BCUT2D eigenvalue weighted by molar-refractivity contribution is -0.307. The number of aliphatic hydroxyl groups excluding tert-OH is 2. The molecule has 2 saturated heterocycles. The molecule has 3 fully saturated rings. The highest BCUT2D eigenvalue weighted by Gasteiger charge is 2.53. The Morgan fingerprint density at radius 1 is 1.56 bits per heavy atom. The van der Waals surface area contributed by atoms with Crippen molar-refractivity contribution in [3.63, 3.8) is 0 Å². The molecule has 2 heterocycles. The average molecular weight is 228 g/mol. The van der Waals surface area contributed by atoms with Gasteiger partial charge in [0.2, 0.25) is 0 Å². The molecule has 3 rings (SSSR count). The molecule has 3 aliphatic rings. The van der Waals surface area contributed by atoms with Gasteiger partial charge in [-0.25, -0.2) is 0 Å². The third-order valence-electron chi connectivity index (χ3n) is 3.78. The standard InChI is InChI=1S/C12H20O4/c1-3-7-5-9-11(14)8(6-13)10(7)12(16-9)15-4-2/h3,7-14H,1,4-6H2,2H3/t7-,8+,9-,10+,11+,12+/m1/s1. The fraction of sp³-hybridized carbons (Fsp3) is 0.833. The molecule has 2 aliphatic heterocycles. The van der Waals surface area contributed by atoms with Crippen LogP contribution in [0.15, 0.2) is 12.7 Å². The topological polar surface area (TPSA) is 58.9 Å². The van der Waals surface area contributed by atoms with Crippen molar-refractivity contribution in [1.29, 1.82) is 0 Å². The van der Waals surface area contributed by atoms with Crippen molar-refractivity contribution in [3.05, 3.63) is 12.7 Å². The number of hydrogen-bond donors (Lipinski definition) is 2. The highest BCUT2D eigenvalue weighted by Crippen LogP contribution is 2.45. The lowest BCUT2D eigenvalue weighted by atomic mass is 9.67. The predicted molar refractivity (Wildman–Crippen MR) is 58.7 cm³/mol. The Bertz CT molecular complexity index is 255. The number of hydrogen-bond acceptors (Lipinski definition) is 4. The van der Waals surface area contributed by atoms with E-state index in [2.05, 4.69) is 6.58 Å². The van der Waals surface area contributed by atoms with Gasteiger partial charge in [-0.05, 0) is 19.3 Å². The van der Waals surface area contributed by atoms with E-state index in [-0.39, 0.29) is 36.8 Å². The second-order valence-corrected chi connectivity index (χ2v) is 4.55. The summed E-state index contributed by atoms with van der Waals surface area (Å²) in [4.78, 5) is 0. The largest absolute Gasteiger partial charge is 0.396 e. The highest BCUT2D eigenvalue weighted by molar-refractivity contribution is 5.03. The van der Waals surface area contributed by atoms with Crippen LogP contribution in [0.5, 0.6) is 0 Å². The number of allylic oxidation sites excluding steroid dienone is 1. The molecule has 2 bridgehead atoms. The van der Waals surface area contributed by atoms with E-state index in [0.717, 1.165) is 6.42 Å². The van der Waals surface area contributed by atoms with Crippen LogP contribution < -0.4 is 0 Å². The first-order chi connectivity index (χ1) is 7.72. The number of fused-ring (bicyclic) bond motifs is 3. The molecule has 6 atom stereocenters. The van der Waals surface area contributed by atoms with Gasteiger partial charge in [-0.2, -0.15) is 0 Å². The summed E-state index contributed by atoms with van der Waals surface area (Å²) >= 11 is 0. The quantitative estimate of drug-likeness (QED) is 0.689. The summed E-state index contributed by atoms with van der Waals surface area (Å²) in [6.07, 6.45) is 1.53. The van der Waals surface area contributed by atoms with Crippen molar-refractivity contribution in [2.24, 2.45) is 17.8 Å². The molecule has 4 nitrogen and oxygen atoms in total. The van der Waals surface area contributed by atoms with Gasteiger partial charge in [-0.15, -0.1) is 6.58 Å². The van der Waals surface area contributed by atoms with E-state index in [0.29, 0.717) is 6.61 Å². The third kappa shape index (κ3) is 1.80. The summed E-state index contributed by atoms with van der Waals surface area (Å²) < 4.78 is 11.2. The Morgan fingerprint density at radius 3 is 2.88 bits per heavy atom. The molecule has 0 aromatic heterocycles. The highest BCUT2D eigenvalue weighted by atomic mass is 16.7. The van der Waals surface area contributed by atoms with Crippen LogP contribution >= 0.6 is 0 Å². The Kier molecular flexibility index (Phi) is 3.64. The van der Waals surface area contributed by atoms with E-state index in [1.165, 1.54) is 0 Å². The zero-order chi connectivity index (χ0) is 11.7. The van der Waals surface area contributed by atoms with Gasteiger partial charge >= 0.3 is 0 Å². The van der Waals surface area contributed by atoms with Crippen LogP contribution in [-0.2, 0) is 9.47 Å². The maximum Gasteiger partial charge on any atom is 0.161 e. The van der Waals surface area contributed by atoms with Gasteiger partial charge in [0.25, 0.3) is 0 Å². The van der Waals surface area contributed by atoms with Gasteiger partial charge in [0.15, 0.2) is 6.29 Å². The summed E-state index contributed by atoms with van der Waals surface area (Å²) in [6.45, 7) is 6.28. The maximum absolute atomic E-state index is 9.98. The zero-order valence-corrected chi connectivity index (χ0v) is 9.58. The SMILES string of the molecule is C=C[C@@H]1C[C@H]2O[C@H](OCC)[C@@H]1[C@H](CO)[C@@H]2O. The van der Waals surface area contributed by atoms with Gasteiger partial charge in [0.1, 0.15) is 0 Å². The number of ether oxygens (including phenoxy) is 2. The lowest BCUT2D eigenvalue weighted by Crippen LogP contribution is -2.60. The van der Waals surface area contributed by atoms with Crippen molar-refractivity contribution in [2.45, 2.75) is 31.8 Å². The first-order valence-corrected chi connectivity index (χ1v) is 5.91. The molecule has 2 N–H and O–H groups in total. The fourth-order valence-corrected chi connectivity index (χ4v) is 2.99. The number of aliphatic hydroxyl groups is 2. The molecule has 0 radical (unpaired) electrons. The summed E-state index contributed by atoms with van der Waals surface area (Å²) in [5.74, 6) is 0.116. The third-order valence-corrected chi connectivity index (χ3v) is 3.78. The monoisotopic (exact) mass is 228 g/mol. The lowest BCUT2D eigenvalue weighted by Gasteiger charge is -2.52. The summed E-state index contributed by atoms with van der Waals surface area (Å²) in [6, 6.07) is 0. The van der Waals surface area contributed by atoms with E-state index in [9.17, 15) is 10.2 Å². The van der Waals surface area contributed by atoms with E-state index in [4.69, 9.17) is 9.47 Å². The Morgan fingerprint density at radius 2 is 2.31 bits per heavy atom. The van der Waals surface area contributed by atoms with Gasteiger partial charge in [-0.1, -0.05) is 6.08 Å². The zero-order valence-electron chi connectivity index (χ0n) is 9.58. The second-order valence-electron chi connectivity index (χ2n) is 4.55. The molecule has 0 amide bonds. The Hall–Kier alpha value is -0.420. The van der Waals surface area contributed by atoms with Crippen molar-refractivity contribution < 1.29 is 19.7 Å². The molecular formula is C12H20O4. The molecule has 4 heteroatoms. The first kappa shape index (κ1) is 12.0. The van der Waals surface area contributed by atoms with Crippen molar-refractivity contribution in [1.82, 2.24) is 0 Å². The molecule has 92 valence electrons.